The van der Waals surface area contributed by atoms with Gasteiger partial charge in [-0.25, -0.2) is 0 Å². The summed E-state index contributed by atoms with van der Waals surface area (Å²) in [4.78, 5) is 47.7. The van der Waals surface area contributed by atoms with Crippen LogP contribution in [0.25, 0.3) is 0 Å². The number of hydrogen-bond donors (Lipinski definition) is 9. The molecule has 0 bridgehead atoms. The highest BCUT2D eigenvalue weighted by molar-refractivity contribution is 5.77. The van der Waals surface area contributed by atoms with E-state index in [4.69, 9.17) is 22.9 Å². The van der Waals surface area contributed by atoms with E-state index in [0.717, 1.165) is 6.42 Å². The molecule has 13 N–H and O–H groups in total. The van der Waals surface area contributed by atoms with Crippen LogP contribution in [-0.2, 0) is 19.2 Å². The predicted octanol–water partition coefficient (Wildman–Crippen LogP) is -3.87. The zero-order valence-corrected chi connectivity index (χ0v) is 22.6. The fourth-order valence-electron chi connectivity index (χ4n) is 2.85. The van der Waals surface area contributed by atoms with Crippen LogP contribution in [0.1, 0.15) is 39.0 Å². The zero-order chi connectivity index (χ0) is 28.2. The maximum absolute atomic E-state index is 11.8. The summed E-state index contributed by atoms with van der Waals surface area (Å²) >= 11 is 0. The highest BCUT2D eigenvalue weighted by Crippen LogP contribution is 1.95. The van der Waals surface area contributed by atoms with Crippen LogP contribution >= 0.6 is 0 Å². The van der Waals surface area contributed by atoms with Gasteiger partial charge in [0.2, 0.25) is 23.6 Å². The largest absolute Gasteiger partial charge is 0.355 e. The van der Waals surface area contributed by atoms with Crippen molar-refractivity contribution in [1.82, 2.24) is 31.5 Å². The third-order valence-electron chi connectivity index (χ3n) is 4.79. The van der Waals surface area contributed by atoms with Crippen LogP contribution in [-0.4, -0.2) is 114 Å². The number of rotatable bonds is 22. The second-order valence-electron chi connectivity index (χ2n) is 8.15. The summed E-state index contributed by atoms with van der Waals surface area (Å²) in [7, 11) is 0. The molecule has 0 radical (unpaired) electrons. The number of carbonyl (C=O) groups is 4. The van der Waals surface area contributed by atoms with Gasteiger partial charge in [-0.05, 0) is 6.42 Å². The normalized spacial score (nSPS) is 10.3. The smallest absolute Gasteiger partial charge is 0.221 e. The SMILES string of the molecule is CCCC(=O)NCCN.NCCNC(=O)CCNCCN(CCC(=O)NCCN)CCC(=O)NCCN. The Kier molecular flexibility index (Phi) is 28.1. The van der Waals surface area contributed by atoms with E-state index in [2.05, 4.69) is 26.6 Å². The van der Waals surface area contributed by atoms with Gasteiger partial charge in [-0.2, -0.15) is 0 Å². The molecular weight excluding hydrogens is 480 g/mol. The second kappa shape index (κ2) is 28.2. The van der Waals surface area contributed by atoms with Crippen molar-refractivity contribution in [3.05, 3.63) is 0 Å². The Hall–Kier alpha value is -2.36. The predicted molar refractivity (Wildman–Crippen MR) is 146 cm³/mol. The number of hydrogen-bond acceptors (Lipinski definition) is 10. The van der Waals surface area contributed by atoms with Gasteiger partial charge in [0.1, 0.15) is 0 Å². The summed E-state index contributed by atoms with van der Waals surface area (Å²) in [6, 6.07) is 0. The Bertz CT molecular complexity index is 572. The molecule has 0 saturated carbocycles. The van der Waals surface area contributed by atoms with Gasteiger partial charge in [-0.15, -0.1) is 0 Å². The van der Waals surface area contributed by atoms with Crippen LogP contribution in [0, 0.1) is 0 Å². The van der Waals surface area contributed by atoms with Gasteiger partial charge < -0.3 is 54.4 Å². The molecule has 0 fully saturated rings. The van der Waals surface area contributed by atoms with Crippen LogP contribution in [0.3, 0.4) is 0 Å². The number of amides is 4. The summed E-state index contributed by atoms with van der Waals surface area (Å²) in [6.45, 7) is 8.66. The Morgan fingerprint density at radius 1 is 0.514 bits per heavy atom. The first-order chi connectivity index (χ1) is 17.8. The number of nitrogens with one attached hydrogen (secondary N) is 5. The Balaban J connectivity index is 0. The Morgan fingerprint density at radius 2 is 0.892 bits per heavy atom. The summed E-state index contributed by atoms with van der Waals surface area (Å²) in [5, 5.41) is 14.0. The van der Waals surface area contributed by atoms with Gasteiger partial charge in [0, 0.05) is 111 Å². The average molecular weight is 533 g/mol. The van der Waals surface area contributed by atoms with Crippen LogP contribution < -0.4 is 49.5 Å². The molecule has 0 atom stereocenters. The van der Waals surface area contributed by atoms with E-state index in [0.29, 0.717) is 111 Å². The molecule has 0 aromatic heterocycles. The molecule has 0 spiro atoms. The standard InChI is InChI=1S/C17H38N8O3.C6H14N2O/c18-4-8-22-15(26)1-7-21-11-14-25(12-2-16(27)23-9-5-19)13-3-17(28)24-10-6-20;1-2-3-6(9)8-5-4-7/h21H,1-14,18-20H2,(H,22,26)(H,23,27)(H,24,28);2-5,7H2,1H3,(H,8,9). The first-order valence-electron chi connectivity index (χ1n) is 13.1. The molecule has 0 aromatic rings. The molecule has 218 valence electrons. The van der Waals surface area contributed by atoms with Crippen LogP contribution in [0.5, 0.6) is 0 Å². The van der Waals surface area contributed by atoms with Crippen molar-refractivity contribution in [2.45, 2.75) is 39.0 Å². The molecular formula is C23H52N10O4. The summed E-state index contributed by atoms with van der Waals surface area (Å²) < 4.78 is 0. The average Bonchev–Trinajstić information content (AvgIpc) is 2.89. The van der Waals surface area contributed by atoms with Gasteiger partial charge in [0.25, 0.3) is 0 Å². The van der Waals surface area contributed by atoms with E-state index < -0.39 is 0 Å². The van der Waals surface area contributed by atoms with Crippen molar-refractivity contribution in [2.75, 3.05) is 85.1 Å². The topological polar surface area (TPSA) is 236 Å². The van der Waals surface area contributed by atoms with Crippen molar-refractivity contribution in [1.29, 1.82) is 0 Å². The Morgan fingerprint density at radius 3 is 1.27 bits per heavy atom. The molecule has 0 heterocycles. The number of nitrogens with zero attached hydrogens (tertiary/aromatic N) is 1. The highest BCUT2D eigenvalue weighted by atomic mass is 16.2. The van der Waals surface area contributed by atoms with Crippen LogP contribution in [0.2, 0.25) is 0 Å². The number of carbonyl (C=O) groups excluding carboxylic acids is 4. The summed E-state index contributed by atoms with van der Waals surface area (Å²) in [5.41, 5.74) is 21.2. The van der Waals surface area contributed by atoms with Crippen LogP contribution in [0.4, 0.5) is 0 Å². The fraction of sp³-hybridized carbons (Fsp3) is 0.826. The molecule has 14 heteroatoms. The first kappa shape index (κ1) is 36.8. The fourth-order valence-corrected chi connectivity index (χ4v) is 2.85. The van der Waals surface area contributed by atoms with Gasteiger partial charge in [0.15, 0.2) is 0 Å². The monoisotopic (exact) mass is 532 g/mol. The van der Waals surface area contributed by atoms with Gasteiger partial charge in [0.05, 0.1) is 0 Å². The van der Waals surface area contributed by atoms with Gasteiger partial charge in [-0.1, -0.05) is 6.92 Å². The highest BCUT2D eigenvalue weighted by Gasteiger charge is 2.10. The maximum Gasteiger partial charge on any atom is 0.221 e. The third-order valence-corrected chi connectivity index (χ3v) is 4.79. The quantitative estimate of drug-likeness (QED) is 0.0615. The van der Waals surface area contributed by atoms with E-state index in [1.54, 1.807) is 0 Å². The van der Waals surface area contributed by atoms with Crippen molar-refractivity contribution in [2.24, 2.45) is 22.9 Å². The zero-order valence-electron chi connectivity index (χ0n) is 22.6. The van der Waals surface area contributed by atoms with E-state index in [9.17, 15) is 19.2 Å². The van der Waals surface area contributed by atoms with Crippen molar-refractivity contribution < 1.29 is 19.2 Å². The van der Waals surface area contributed by atoms with E-state index in [-0.39, 0.29) is 23.6 Å². The first-order valence-corrected chi connectivity index (χ1v) is 13.1. The minimum absolute atomic E-state index is 0.0389. The van der Waals surface area contributed by atoms with Crippen molar-refractivity contribution >= 4 is 23.6 Å². The van der Waals surface area contributed by atoms with Gasteiger partial charge >= 0.3 is 0 Å². The minimum atomic E-state index is -0.0624. The molecule has 0 rings (SSSR count). The molecule has 0 aliphatic carbocycles. The Labute approximate surface area is 221 Å². The van der Waals surface area contributed by atoms with Crippen molar-refractivity contribution in [3.63, 3.8) is 0 Å². The van der Waals surface area contributed by atoms with Crippen molar-refractivity contribution in [3.8, 4) is 0 Å². The molecule has 14 nitrogen and oxygen atoms in total. The lowest BCUT2D eigenvalue weighted by Crippen LogP contribution is -2.39. The minimum Gasteiger partial charge on any atom is -0.355 e. The number of nitrogens with two attached hydrogens (primary N) is 4. The summed E-state index contributed by atoms with van der Waals surface area (Å²) in [5.74, 6) is -0.0639. The van der Waals surface area contributed by atoms with E-state index in [1.807, 2.05) is 11.8 Å². The second-order valence-corrected chi connectivity index (χ2v) is 8.15. The van der Waals surface area contributed by atoms with Gasteiger partial charge in [-0.3, -0.25) is 19.2 Å². The lowest BCUT2D eigenvalue weighted by atomic mass is 10.3. The molecule has 0 aliphatic rings. The van der Waals surface area contributed by atoms with E-state index >= 15 is 0 Å². The molecule has 0 aliphatic heterocycles. The molecule has 37 heavy (non-hydrogen) atoms. The van der Waals surface area contributed by atoms with E-state index in [1.165, 1.54) is 0 Å². The molecule has 0 aromatic carbocycles. The molecule has 4 amide bonds. The third kappa shape index (κ3) is 28.1. The lowest BCUT2D eigenvalue weighted by Gasteiger charge is -2.22. The van der Waals surface area contributed by atoms with Crippen LogP contribution in [0.15, 0.2) is 0 Å². The lowest BCUT2D eigenvalue weighted by molar-refractivity contribution is -0.122. The molecule has 0 unspecified atom stereocenters. The molecule has 0 saturated heterocycles. The maximum atomic E-state index is 11.8. The summed E-state index contributed by atoms with van der Waals surface area (Å²) in [6.07, 6.45) is 2.57.